The number of rotatable bonds is 4. The summed E-state index contributed by atoms with van der Waals surface area (Å²) in [7, 11) is 1.57. The number of anilines is 1. The summed E-state index contributed by atoms with van der Waals surface area (Å²) >= 11 is 0. The van der Waals surface area contributed by atoms with Crippen LogP contribution in [0.25, 0.3) is 0 Å². The number of benzene rings is 2. The fourth-order valence-corrected chi connectivity index (χ4v) is 1.77. The van der Waals surface area contributed by atoms with E-state index in [0.717, 1.165) is 17.4 Å². The maximum Gasteiger partial charge on any atom is 0.338 e. The van der Waals surface area contributed by atoms with Crippen LogP contribution in [-0.2, 0) is 11.3 Å². The van der Waals surface area contributed by atoms with Gasteiger partial charge < -0.3 is 15.2 Å². The van der Waals surface area contributed by atoms with E-state index in [1.165, 1.54) is 6.07 Å². The van der Waals surface area contributed by atoms with Gasteiger partial charge in [0.05, 0.1) is 12.7 Å². The summed E-state index contributed by atoms with van der Waals surface area (Å²) in [5, 5.41) is 0. The highest BCUT2D eigenvalue weighted by Crippen LogP contribution is 2.19. The second-order valence-corrected chi connectivity index (χ2v) is 4.60. The van der Waals surface area contributed by atoms with Gasteiger partial charge in [0.15, 0.2) is 0 Å². The van der Waals surface area contributed by atoms with Crippen LogP contribution in [0.2, 0.25) is 0 Å². The van der Waals surface area contributed by atoms with Gasteiger partial charge in [-0.3, -0.25) is 0 Å². The molecule has 2 aromatic rings. The van der Waals surface area contributed by atoms with Crippen molar-refractivity contribution in [2.24, 2.45) is 0 Å². The second-order valence-electron chi connectivity index (χ2n) is 4.60. The summed E-state index contributed by atoms with van der Waals surface area (Å²) in [6.07, 6.45) is 0. The van der Waals surface area contributed by atoms with Crippen LogP contribution < -0.4 is 10.5 Å². The molecule has 0 spiro atoms. The first-order valence-electron chi connectivity index (χ1n) is 6.37. The molecule has 2 N–H and O–H groups in total. The molecule has 0 bridgehead atoms. The van der Waals surface area contributed by atoms with Crippen LogP contribution in [0.15, 0.2) is 36.4 Å². The lowest BCUT2D eigenvalue weighted by Gasteiger charge is -2.08. The third-order valence-electron chi connectivity index (χ3n) is 3.15. The minimum absolute atomic E-state index is 0.0955. The Kier molecular flexibility index (Phi) is 4.42. The van der Waals surface area contributed by atoms with Crippen LogP contribution in [0.5, 0.6) is 5.75 Å². The maximum absolute atomic E-state index is 13.5. The quantitative estimate of drug-likeness (QED) is 0.694. The molecule has 0 aliphatic carbocycles. The molecular weight excluding hydrogens is 273 g/mol. The van der Waals surface area contributed by atoms with Crippen molar-refractivity contribution < 1.29 is 18.7 Å². The molecule has 110 valence electrons. The number of esters is 1. The van der Waals surface area contributed by atoms with Crippen molar-refractivity contribution in [2.75, 3.05) is 12.8 Å². The first-order chi connectivity index (χ1) is 10.0. The van der Waals surface area contributed by atoms with E-state index in [9.17, 15) is 9.18 Å². The Morgan fingerprint density at radius 1 is 1.24 bits per heavy atom. The molecule has 0 unspecified atom stereocenters. The normalized spacial score (nSPS) is 10.2. The SMILES string of the molecule is COc1ccc(COC(=O)c2cc(N)c(C)c(F)c2)cc1. The molecule has 0 heterocycles. The number of carbonyl (C=O) groups is 1. The Labute approximate surface area is 122 Å². The van der Waals surface area contributed by atoms with E-state index < -0.39 is 11.8 Å². The van der Waals surface area contributed by atoms with E-state index in [-0.39, 0.29) is 17.9 Å². The van der Waals surface area contributed by atoms with Gasteiger partial charge in [-0.1, -0.05) is 12.1 Å². The molecule has 5 heteroatoms. The first-order valence-corrected chi connectivity index (χ1v) is 6.37. The summed E-state index contributed by atoms with van der Waals surface area (Å²) in [4.78, 5) is 11.9. The number of ether oxygens (including phenoxy) is 2. The minimum atomic E-state index is -0.614. The molecule has 21 heavy (non-hydrogen) atoms. The van der Waals surface area contributed by atoms with Crippen molar-refractivity contribution in [1.82, 2.24) is 0 Å². The topological polar surface area (TPSA) is 61.5 Å². The third kappa shape index (κ3) is 3.51. The standard InChI is InChI=1S/C16H16FNO3/c1-10-14(17)7-12(8-15(10)18)16(19)21-9-11-3-5-13(20-2)6-4-11/h3-8H,9,18H2,1-2H3. The van der Waals surface area contributed by atoms with Gasteiger partial charge in [-0.05, 0) is 36.8 Å². The molecule has 0 atom stereocenters. The molecule has 4 nitrogen and oxygen atoms in total. The van der Waals surface area contributed by atoms with Crippen molar-refractivity contribution in [3.8, 4) is 5.75 Å². The van der Waals surface area contributed by atoms with Crippen molar-refractivity contribution in [3.63, 3.8) is 0 Å². The van der Waals surface area contributed by atoms with Gasteiger partial charge in [-0.15, -0.1) is 0 Å². The smallest absolute Gasteiger partial charge is 0.338 e. The third-order valence-corrected chi connectivity index (χ3v) is 3.15. The molecule has 0 amide bonds. The van der Waals surface area contributed by atoms with E-state index >= 15 is 0 Å². The van der Waals surface area contributed by atoms with E-state index in [0.29, 0.717) is 5.56 Å². The highest BCUT2D eigenvalue weighted by molar-refractivity contribution is 5.90. The Bertz CT molecular complexity index is 630. The van der Waals surface area contributed by atoms with Crippen LogP contribution in [0, 0.1) is 12.7 Å². The average molecular weight is 289 g/mol. The van der Waals surface area contributed by atoms with E-state index in [4.69, 9.17) is 15.2 Å². The van der Waals surface area contributed by atoms with Crippen molar-refractivity contribution in [3.05, 3.63) is 58.9 Å². The molecular formula is C16H16FNO3. The lowest BCUT2D eigenvalue weighted by Crippen LogP contribution is -2.07. The van der Waals surface area contributed by atoms with Gasteiger partial charge in [0, 0.05) is 11.3 Å². The predicted molar refractivity (Wildman–Crippen MR) is 77.7 cm³/mol. The zero-order valence-corrected chi connectivity index (χ0v) is 11.9. The molecule has 0 saturated heterocycles. The predicted octanol–water partition coefficient (Wildman–Crippen LogP) is 3.08. The zero-order valence-electron chi connectivity index (χ0n) is 11.9. The Morgan fingerprint density at radius 2 is 1.90 bits per heavy atom. The largest absolute Gasteiger partial charge is 0.497 e. The van der Waals surface area contributed by atoms with E-state index in [2.05, 4.69) is 0 Å². The number of carbonyl (C=O) groups excluding carboxylic acids is 1. The van der Waals surface area contributed by atoms with Crippen molar-refractivity contribution in [1.29, 1.82) is 0 Å². The molecule has 0 fully saturated rings. The van der Waals surface area contributed by atoms with Crippen molar-refractivity contribution in [2.45, 2.75) is 13.5 Å². The van der Waals surface area contributed by atoms with Gasteiger partial charge in [-0.25, -0.2) is 9.18 Å². The van der Waals surface area contributed by atoms with Crippen LogP contribution in [0.3, 0.4) is 0 Å². The first kappa shape index (κ1) is 14.8. The van der Waals surface area contributed by atoms with Gasteiger partial charge in [-0.2, -0.15) is 0 Å². The second kappa shape index (κ2) is 6.26. The van der Waals surface area contributed by atoms with E-state index in [1.54, 1.807) is 38.3 Å². The Morgan fingerprint density at radius 3 is 2.48 bits per heavy atom. The summed E-state index contributed by atoms with van der Waals surface area (Å²) in [6.45, 7) is 1.65. The summed E-state index contributed by atoms with van der Waals surface area (Å²) in [5.74, 6) is -0.415. The summed E-state index contributed by atoms with van der Waals surface area (Å²) in [5.41, 5.74) is 7.10. The van der Waals surface area contributed by atoms with Gasteiger partial charge >= 0.3 is 5.97 Å². The Hall–Kier alpha value is -2.56. The van der Waals surface area contributed by atoms with E-state index in [1.807, 2.05) is 0 Å². The average Bonchev–Trinajstić information content (AvgIpc) is 2.50. The monoisotopic (exact) mass is 289 g/mol. The van der Waals surface area contributed by atoms with Gasteiger partial charge in [0.25, 0.3) is 0 Å². The van der Waals surface area contributed by atoms with Crippen molar-refractivity contribution >= 4 is 11.7 Å². The number of hydrogen-bond acceptors (Lipinski definition) is 4. The zero-order chi connectivity index (χ0) is 15.4. The summed E-state index contributed by atoms with van der Waals surface area (Å²) < 4.78 is 23.7. The number of halogens is 1. The van der Waals surface area contributed by atoms with Crippen LogP contribution in [0.4, 0.5) is 10.1 Å². The van der Waals surface area contributed by atoms with Crippen LogP contribution >= 0.6 is 0 Å². The minimum Gasteiger partial charge on any atom is -0.497 e. The fourth-order valence-electron chi connectivity index (χ4n) is 1.77. The Balaban J connectivity index is 2.04. The molecule has 2 rings (SSSR count). The molecule has 0 radical (unpaired) electrons. The molecule has 2 aromatic carbocycles. The van der Waals surface area contributed by atoms with Crippen LogP contribution in [0.1, 0.15) is 21.5 Å². The lowest BCUT2D eigenvalue weighted by molar-refractivity contribution is 0.0472. The van der Waals surface area contributed by atoms with Gasteiger partial charge in [0.2, 0.25) is 0 Å². The number of hydrogen-bond donors (Lipinski definition) is 1. The fraction of sp³-hybridized carbons (Fsp3) is 0.188. The number of methoxy groups -OCH3 is 1. The highest BCUT2D eigenvalue weighted by atomic mass is 19.1. The molecule has 0 aromatic heterocycles. The molecule has 0 aliphatic heterocycles. The lowest BCUT2D eigenvalue weighted by atomic mass is 10.1. The summed E-state index contributed by atoms with van der Waals surface area (Å²) in [6, 6.07) is 9.66. The molecule has 0 aliphatic rings. The number of nitrogens with two attached hydrogens (primary N) is 1. The molecule has 0 saturated carbocycles. The number of nitrogen functional groups attached to an aromatic ring is 1. The van der Waals surface area contributed by atoms with Crippen LogP contribution in [-0.4, -0.2) is 13.1 Å². The maximum atomic E-state index is 13.5. The highest BCUT2D eigenvalue weighted by Gasteiger charge is 2.12. The van der Waals surface area contributed by atoms with Gasteiger partial charge in [0.1, 0.15) is 18.2 Å².